The number of oxime groups is 1. The van der Waals surface area contributed by atoms with Crippen LogP contribution in [0.25, 0.3) is 0 Å². The molecule has 0 unspecified atom stereocenters. The minimum Gasteiger partial charge on any atom is -0.478 e. The Bertz CT molecular complexity index is 421. The first-order valence-electron chi connectivity index (χ1n) is 4.71. The van der Waals surface area contributed by atoms with Gasteiger partial charge in [-0.3, -0.25) is 0 Å². The van der Waals surface area contributed by atoms with Gasteiger partial charge in [-0.25, -0.2) is 4.79 Å². The van der Waals surface area contributed by atoms with E-state index < -0.39 is 11.4 Å². The van der Waals surface area contributed by atoms with E-state index in [1.165, 1.54) is 12.1 Å². The fourth-order valence-corrected chi connectivity index (χ4v) is 1.30. The van der Waals surface area contributed by atoms with Crippen molar-refractivity contribution in [1.29, 1.82) is 0 Å². The number of hydrogen-bond donors (Lipinski definition) is 3. The molecule has 5 heteroatoms. The summed E-state index contributed by atoms with van der Waals surface area (Å²) in [5, 5.41) is 20.4. The van der Waals surface area contributed by atoms with Crippen LogP contribution in [0.15, 0.2) is 29.4 Å². The number of aromatic carboxylic acids is 1. The average Bonchev–Trinajstić information content (AvgIpc) is 2.28. The smallest absolute Gasteiger partial charge is 0.335 e. The lowest BCUT2D eigenvalue weighted by molar-refractivity contribution is 0.0697. The topological polar surface area (TPSA) is 95.9 Å². The molecule has 0 aliphatic carbocycles. The Morgan fingerprint density at radius 1 is 1.31 bits per heavy atom. The van der Waals surface area contributed by atoms with Crippen molar-refractivity contribution in [1.82, 2.24) is 0 Å². The second-order valence-electron chi connectivity index (χ2n) is 3.99. The summed E-state index contributed by atoms with van der Waals surface area (Å²) < 4.78 is 0. The van der Waals surface area contributed by atoms with Crippen molar-refractivity contribution in [2.45, 2.75) is 19.3 Å². The third kappa shape index (κ3) is 2.13. The molecule has 0 saturated heterocycles. The molecule has 0 spiro atoms. The highest BCUT2D eigenvalue weighted by molar-refractivity contribution is 5.91. The van der Waals surface area contributed by atoms with Crippen molar-refractivity contribution in [2.75, 3.05) is 0 Å². The van der Waals surface area contributed by atoms with Gasteiger partial charge in [0, 0.05) is 0 Å². The van der Waals surface area contributed by atoms with Crippen molar-refractivity contribution in [3.63, 3.8) is 0 Å². The molecule has 0 aromatic heterocycles. The molecular weight excluding hydrogens is 208 g/mol. The first-order chi connectivity index (χ1) is 7.39. The number of nitrogens with two attached hydrogens (primary N) is 1. The Morgan fingerprint density at radius 2 is 1.81 bits per heavy atom. The van der Waals surface area contributed by atoms with E-state index >= 15 is 0 Å². The minimum absolute atomic E-state index is 0.0792. The molecule has 0 atom stereocenters. The van der Waals surface area contributed by atoms with Gasteiger partial charge >= 0.3 is 5.97 Å². The quantitative estimate of drug-likeness (QED) is 0.312. The molecule has 0 radical (unpaired) electrons. The molecule has 1 aromatic rings. The first kappa shape index (κ1) is 12.0. The van der Waals surface area contributed by atoms with Crippen molar-refractivity contribution in [2.24, 2.45) is 10.9 Å². The normalized spacial score (nSPS) is 12.5. The fraction of sp³-hybridized carbons (Fsp3) is 0.273. The van der Waals surface area contributed by atoms with Crippen LogP contribution in [-0.2, 0) is 5.41 Å². The highest BCUT2D eigenvalue weighted by atomic mass is 16.4. The average molecular weight is 222 g/mol. The van der Waals surface area contributed by atoms with E-state index in [2.05, 4.69) is 5.16 Å². The zero-order valence-electron chi connectivity index (χ0n) is 9.14. The van der Waals surface area contributed by atoms with Crippen molar-refractivity contribution in [3.8, 4) is 0 Å². The number of nitrogens with zero attached hydrogens (tertiary/aromatic N) is 1. The number of benzene rings is 1. The first-order valence-corrected chi connectivity index (χ1v) is 4.71. The number of hydrogen-bond acceptors (Lipinski definition) is 3. The maximum atomic E-state index is 10.7. The van der Waals surface area contributed by atoms with Gasteiger partial charge in [0.05, 0.1) is 11.0 Å². The van der Waals surface area contributed by atoms with E-state index in [9.17, 15) is 4.79 Å². The molecular formula is C11H14N2O3. The molecule has 0 fully saturated rings. The van der Waals surface area contributed by atoms with Crippen molar-refractivity contribution >= 4 is 11.8 Å². The summed E-state index contributed by atoms with van der Waals surface area (Å²) in [4.78, 5) is 10.7. The molecule has 0 aliphatic heterocycles. The van der Waals surface area contributed by atoms with Crippen molar-refractivity contribution in [3.05, 3.63) is 35.4 Å². The molecule has 0 aliphatic rings. The van der Waals surface area contributed by atoms with Crippen LogP contribution in [0, 0.1) is 0 Å². The van der Waals surface area contributed by atoms with Crippen molar-refractivity contribution < 1.29 is 15.1 Å². The maximum Gasteiger partial charge on any atom is 0.335 e. The van der Waals surface area contributed by atoms with Crippen LogP contribution >= 0.6 is 0 Å². The van der Waals surface area contributed by atoms with E-state index in [0.717, 1.165) is 5.56 Å². The van der Waals surface area contributed by atoms with E-state index in [0.29, 0.717) is 0 Å². The van der Waals surface area contributed by atoms with E-state index in [-0.39, 0.29) is 11.4 Å². The Labute approximate surface area is 93.2 Å². The highest BCUT2D eigenvalue weighted by Crippen LogP contribution is 2.23. The van der Waals surface area contributed by atoms with Gasteiger partial charge in [-0.1, -0.05) is 17.3 Å². The van der Waals surface area contributed by atoms with Gasteiger partial charge in [0.15, 0.2) is 0 Å². The highest BCUT2D eigenvalue weighted by Gasteiger charge is 2.26. The summed E-state index contributed by atoms with van der Waals surface area (Å²) in [7, 11) is 0. The lowest BCUT2D eigenvalue weighted by Crippen LogP contribution is -2.35. The van der Waals surface area contributed by atoms with Gasteiger partial charge in [0.1, 0.15) is 5.84 Å². The summed E-state index contributed by atoms with van der Waals surface area (Å²) in [6.07, 6.45) is 0. The molecule has 0 saturated carbocycles. The monoisotopic (exact) mass is 222 g/mol. The summed E-state index contributed by atoms with van der Waals surface area (Å²) >= 11 is 0. The lowest BCUT2D eigenvalue weighted by Gasteiger charge is -2.23. The minimum atomic E-state index is -0.979. The van der Waals surface area contributed by atoms with E-state index in [1.807, 2.05) is 0 Å². The summed E-state index contributed by atoms with van der Waals surface area (Å²) in [6, 6.07) is 6.29. The molecule has 86 valence electrons. The van der Waals surface area contributed by atoms with E-state index in [1.54, 1.807) is 26.0 Å². The standard InChI is InChI=1S/C11H14N2O3/c1-11(2,10(12)13-16)8-5-3-7(4-6-8)9(14)15/h3-6,16H,1-2H3,(H2,12,13)(H,14,15). The predicted molar refractivity (Wildman–Crippen MR) is 59.8 cm³/mol. The fourth-order valence-electron chi connectivity index (χ4n) is 1.30. The largest absolute Gasteiger partial charge is 0.478 e. The van der Waals surface area contributed by atoms with Crippen LogP contribution in [0.4, 0.5) is 0 Å². The number of carbonyl (C=O) groups is 1. The Hall–Kier alpha value is -2.04. The van der Waals surface area contributed by atoms with Crippen LogP contribution in [0.3, 0.4) is 0 Å². The Morgan fingerprint density at radius 3 is 2.19 bits per heavy atom. The second kappa shape index (κ2) is 4.22. The molecule has 1 rings (SSSR count). The molecule has 0 amide bonds. The van der Waals surface area contributed by atoms with Gasteiger partial charge in [-0.2, -0.15) is 0 Å². The number of amidine groups is 1. The van der Waals surface area contributed by atoms with Crippen LogP contribution in [0.5, 0.6) is 0 Å². The third-order valence-corrected chi connectivity index (χ3v) is 2.60. The van der Waals surface area contributed by atoms with Gasteiger partial charge < -0.3 is 16.0 Å². The molecule has 1 aromatic carbocycles. The van der Waals surface area contributed by atoms with Gasteiger partial charge in [0.2, 0.25) is 0 Å². The molecule has 16 heavy (non-hydrogen) atoms. The zero-order chi connectivity index (χ0) is 12.3. The molecule has 5 nitrogen and oxygen atoms in total. The molecule has 4 N–H and O–H groups in total. The summed E-state index contributed by atoms with van der Waals surface area (Å²) in [6.45, 7) is 3.58. The SMILES string of the molecule is CC(C)(C(N)=NO)c1ccc(C(=O)O)cc1. The molecule has 0 heterocycles. The lowest BCUT2D eigenvalue weighted by atomic mass is 9.83. The van der Waals surface area contributed by atoms with E-state index in [4.69, 9.17) is 16.0 Å². The molecule has 0 bridgehead atoms. The van der Waals surface area contributed by atoms with Crippen LogP contribution in [0.1, 0.15) is 29.8 Å². The van der Waals surface area contributed by atoms with Gasteiger partial charge in [-0.15, -0.1) is 0 Å². The Kier molecular flexibility index (Phi) is 3.17. The number of rotatable bonds is 3. The maximum absolute atomic E-state index is 10.7. The van der Waals surface area contributed by atoms with Crippen LogP contribution < -0.4 is 5.73 Å². The van der Waals surface area contributed by atoms with Crippen LogP contribution in [-0.4, -0.2) is 22.1 Å². The second-order valence-corrected chi connectivity index (χ2v) is 3.99. The number of carboxylic acid groups (broad SMARTS) is 1. The number of carboxylic acids is 1. The van der Waals surface area contributed by atoms with Gasteiger partial charge in [-0.05, 0) is 31.5 Å². The predicted octanol–water partition coefficient (Wildman–Crippen LogP) is 1.41. The summed E-state index contributed by atoms with van der Waals surface area (Å²) in [5.74, 6) is -0.899. The third-order valence-electron chi connectivity index (χ3n) is 2.60. The summed E-state index contributed by atoms with van der Waals surface area (Å²) in [5.41, 5.74) is 5.92. The van der Waals surface area contributed by atoms with Crippen LogP contribution in [0.2, 0.25) is 0 Å². The zero-order valence-corrected chi connectivity index (χ0v) is 9.14. The van der Waals surface area contributed by atoms with Gasteiger partial charge in [0.25, 0.3) is 0 Å². The Balaban J connectivity index is 3.11.